The second-order valence-electron chi connectivity index (χ2n) is 3.61. The molecule has 0 amide bonds. The van der Waals surface area contributed by atoms with E-state index in [-0.39, 0.29) is 11.2 Å². The highest BCUT2D eigenvalue weighted by molar-refractivity contribution is 5.96. The zero-order valence-corrected chi connectivity index (χ0v) is 7.34. The minimum absolute atomic E-state index is 0.0114. The molecule has 0 aromatic carbocycles. The van der Waals surface area contributed by atoms with Crippen molar-refractivity contribution in [3.8, 4) is 0 Å². The van der Waals surface area contributed by atoms with Crippen LogP contribution in [0, 0.1) is 5.41 Å². The van der Waals surface area contributed by atoms with Gasteiger partial charge in [0.1, 0.15) is 0 Å². The van der Waals surface area contributed by atoms with Crippen LogP contribution in [0.1, 0.15) is 26.2 Å². The molecule has 1 saturated carbocycles. The molecule has 0 aliphatic heterocycles. The van der Waals surface area contributed by atoms with Gasteiger partial charge in [0.05, 0.1) is 6.26 Å². The van der Waals surface area contributed by atoms with Crippen LogP contribution in [0.25, 0.3) is 0 Å². The summed E-state index contributed by atoms with van der Waals surface area (Å²) in [5.41, 5.74) is 0.520. The number of allylic oxidation sites excluding steroid dienone is 2. The van der Waals surface area contributed by atoms with Gasteiger partial charge in [-0.15, -0.1) is 6.58 Å². The predicted octanol–water partition coefficient (Wildman–Crippen LogP) is 2.37. The fourth-order valence-corrected chi connectivity index (χ4v) is 1.47. The molecule has 0 spiro atoms. The van der Waals surface area contributed by atoms with Gasteiger partial charge < -0.3 is 5.11 Å². The van der Waals surface area contributed by atoms with Crippen LogP contribution in [-0.2, 0) is 4.79 Å². The fourth-order valence-electron chi connectivity index (χ4n) is 1.47. The molecule has 0 bridgehead atoms. The summed E-state index contributed by atoms with van der Waals surface area (Å²) in [5.74, 6) is 0.0665. The number of aliphatic hydroxyl groups is 1. The second kappa shape index (κ2) is 3.13. The van der Waals surface area contributed by atoms with Crippen LogP contribution in [0.15, 0.2) is 24.5 Å². The summed E-state index contributed by atoms with van der Waals surface area (Å²) >= 11 is 0. The van der Waals surface area contributed by atoms with E-state index >= 15 is 0 Å². The Labute approximate surface area is 72.6 Å². The summed E-state index contributed by atoms with van der Waals surface area (Å²) in [5, 5.41) is 8.77. The van der Waals surface area contributed by atoms with E-state index in [9.17, 15) is 4.79 Å². The number of carbonyl (C=O) groups excluding carboxylic acids is 1. The number of hydrogen-bond acceptors (Lipinski definition) is 2. The molecule has 12 heavy (non-hydrogen) atoms. The first-order valence-electron chi connectivity index (χ1n) is 4.11. The lowest BCUT2D eigenvalue weighted by Crippen LogP contribution is -2.24. The molecule has 66 valence electrons. The maximum Gasteiger partial charge on any atom is 0.161 e. The molecule has 1 N–H and O–H groups in total. The van der Waals surface area contributed by atoms with E-state index < -0.39 is 0 Å². The quantitative estimate of drug-likeness (QED) is 0.369. The summed E-state index contributed by atoms with van der Waals surface area (Å²) in [6.07, 6.45) is 4.78. The first-order valence-corrected chi connectivity index (χ1v) is 4.11. The van der Waals surface area contributed by atoms with Crippen molar-refractivity contribution in [2.75, 3.05) is 0 Å². The highest BCUT2D eigenvalue weighted by Gasteiger charge is 2.30. The van der Waals surface area contributed by atoms with Crippen molar-refractivity contribution in [2.24, 2.45) is 5.41 Å². The van der Waals surface area contributed by atoms with E-state index in [1.54, 1.807) is 0 Å². The smallest absolute Gasteiger partial charge is 0.161 e. The summed E-state index contributed by atoms with van der Waals surface area (Å²) < 4.78 is 0. The van der Waals surface area contributed by atoms with Crippen molar-refractivity contribution in [2.45, 2.75) is 26.2 Å². The van der Waals surface area contributed by atoms with Gasteiger partial charge in [0.15, 0.2) is 5.78 Å². The molecule has 2 nitrogen and oxygen atoms in total. The molecule has 1 aliphatic carbocycles. The highest BCUT2D eigenvalue weighted by Crippen LogP contribution is 2.37. The summed E-state index contributed by atoms with van der Waals surface area (Å²) in [6, 6.07) is 0. The molecule has 1 unspecified atom stereocenters. The first-order chi connectivity index (χ1) is 5.61. The number of rotatable bonds is 1. The lowest BCUT2D eigenvalue weighted by Gasteiger charge is -2.30. The van der Waals surface area contributed by atoms with Crippen LogP contribution in [0.3, 0.4) is 0 Å². The molecule has 2 heteroatoms. The van der Waals surface area contributed by atoms with Crippen molar-refractivity contribution in [3.05, 3.63) is 24.5 Å². The van der Waals surface area contributed by atoms with Crippen molar-refractivity contribution in [1.82, 2.24) is 0 Å². The lowest BCUT2D eigenvalue weighted by molar-refractivity contribution is -0.117. The maximum atomic E-state index is 11.2. The van der Waals surface area contributed by atoms with Crippen molar-refractivity contribution in [3.63, 3.8) is 0 Å². The van der Waals surface area contributed by atoms with Crippen molar-refractivity contribution < 1.29 is 9.90 Å². The Kier molecular flexibility index (Phi) is 2.36. The molecule has 1 atom stereocenters. The zero-order chi connectivity index (χ0) is 9.19. The van der Waals surface area contributed by atoms with E-state index in [1.165, 1.54) is 0 Å². The second-order valence-corrected chi connectivity index (χ2v) is 3.61. The minimum Gasteiger partial charge on any atom is -0.515 e. The van der Waals surface area contributed by atoms with Crippen LogP contribution in [-0.4, -0.2) is 10.9 Å². The Hall–Kier alpha value is -1.05. The summed E-state index contributed by atoms with van der Waals surface area (Å²) in [4.78, 5) is 11.2. The monoisotopic (exact) mass is 166 g/mol. The average molecular weight is 166 g/mol. The van der Waals surface area contributed by atoms with E-state index in [0.717, 1.165) is 12.7 Å². The van der Waals surface area contributed by atoms with Crippen LogP contribution in [0.2, 0.25) is 0 Å². The Morgan fingerprint density at radius 2 is 2.33 bits per heavy atom. The fraction of sp³-hybridized carbons (Fsp3) is 0.500. The van der Waals surface area contributed by atoms with Gasteiger partial charge in [-0.3, -0.25) is 4.79 Å². The first kappa shape index (κ1) is 9.04. The van der Waals surface area contributed by atoms with Crippen LogP contribution in [0.5, 0.6) is 0 Å². The summed E-state index contributed by atoms with van der Waals surface area (Å²) in [6.45, 7) is 5.78. The van der Waals surface area contributed by atoms with E-state index in [0.29, 0.717) is 18.4 Å². The van der Waals surface area contributed by atoms with Gasteiger partial charge >= 0.3 is 0 Å². The average Bonchev–Trinajstić information content (AvgIpc) is 2.10. The molecule has 0 heterocycles. The summed E-state index contributed by atoms with van der Waals surface area (Å²) in [7, 11) is 0. The predicted molar refractivity (Wildman–Crippen MR) is 47.9 cm³/mol. The lowest BCUT2D eigenvalue weighted by atomic mass is 9.73. The Morgan fingerprint density at radius 1 is 1.67 bits per heavy atom. The van der Waals surface area contributed by atoms with Crippen molar-refractivity contribution >= 4 is 5.78 Å². The van der Waals surface area contributed by atoms with Crippen LogP contribution in [0.4, 0.5) is 0 Å². The molecule has 0 saturated heterocycles. The largest absolute Gasteiger partial charge is 0.515 e. The third-order valence-corrected chi connectivity index (χ3v) is 2.52. The Balaban J connectivity index is 2.81. The third kappa shape index (κ3) is 1.58. The number of carbonyl (C=O) groups is 1. The normalized spacial score (nSPS) is 33.8. The number of aliphatic hydroxyl groups excluding tert-OH is 1. The number of Topliss-reactive ketones (excluding diaryl/α,β-unsaturated/α-hetero) is 1. The molecule has 0 radical (unpaired) electrons. The third-order valence-electron chi connectivity index (χ3n) is 2.52. The highest BCUT2D eigenvalue weighted by atomic mass is 16.2. The molecule has 0 aromatic rings. The van der Waals surface area contributed by atoms with Gasteiger partial charge in [0.2, 0.25) is 0 Å². The Morgan fingerprint density at radius 3 is 2.83 bits per heavy atom. The van der Waals surface area contributed by atoms with Crippen LogP contribution < -0.4 is 0 Å². The topological polar surface area (TPSA) is 37.3 Å². The molecule has 1 aliphatic rings. The zero-order valence-electron chi connectivity index (χ0n) is 7.34. The van der Waals surface area contributed by atoms with Gasteiger partial charge in [-0.1, -0.05) is 13.0 Å². The van der Waals surface area contributed by atoms with E-state index in [4.69, 9.17) is 5.11 Å². The number of ketones is 1. The SMILES string of the molecule is C=CC1(C)CCC(=O)/C(=C/O)C1. The Bertz CT molecular complexity index is 240. The molecular formula is C10H14O2. The standard InChI is InChI=1S/C10H14O2/c1-3-10(2)5-4-9(12)8(6-10)7-11/h3,7,11H,1,4-6H2,2H3/b8-7+. The van der Waals surface area contributed by atoms with Gasteiger partial charge in [-0.25, -0.2) is 0 Å². The minimum atomic E-state index is -0.0114. The molecular weight excluding hydrogens is 152 g/mol. The maximum absolute atomic E-state index is 11.2. The van der Waals surface area contributed by atoms with E-state index in [2.05, 4.69) is 13.5 Å². The van der Waals surface area contributed by atoms with Gasteiger partial charge in [0, 0.05) is 12.0 Å². The van der Waals surface area contributed by atoms with E-state index in [1.807, 2.05) is 6.08 Å². The van der Waals surface area contributed by atoms with Crippen LogP contribution >= 0.6 is 0 Å². The van der Waals surface area contributed by atoms with Crippen molar-refractivity contribution in [1.29, 1.82) is 0 Å². The van der Waals surface area contributed by atoms with Gasteiger partial charge in [-0.05, 0) is 18.3 Å². The molecule has 0 aromatic heterocycles. The molecule has 1 fully saturated rings. The van der Waals surface area contributed by atoms with Gasteiger partial charge in [-0.2, -0.15) is 0 Å². The van der Waals surface area contributed by atoms with Gasteiger partial charge in [0.25, 0.3) is 0 Å². The molecule has 1 rings (SSSR count). The number of hydrogen-bond donors (Lipinski definition) is 1.